The minimum Gasteiger partial charge on any atom is -0.321 e. The van der Waals surface area contributed by atoms with E-state index in [-0.39, 0.29) is 5.54 Å². The van der Waals surface area contributed by atoms with E-state index in [4.69, 9.17) is 5.73 Å². The molecule has 0 saturated heterocycles. The van der Waals surface area contributed by atoms with Gasteiger partial charge in [0.25, 0.3) is 0 Å². The molecule has 1 aromatic carbocycles. The normalized spacial score (nSPS) is 14.4. The number of rotatable bonds is 4. The Hall–Kier alpha value is -0.640. The zero-order valence-corrected chi connectivity index (χ0v) is 13.1. The van der Waals surface area contributed by atoms with Gasteiger partial charge in [0.05, 0.1) is 3.79 Å². The maximum absolute atomic E-state index is 6.46. The lowest BCUT2D eigenvalue weighted by atomic mass is 9.88. The van der Waals surface area contributed by atoms with Crippen LogP contribution < -0.4 is 5.73 Å². The molecule has 0 spiro atoms. The van der Waals surface area contributed by atoms with Crippen molar-refractivity contribution in [1.82, 2.24) is 0 Å². The van der Waals surface area contributed by atoms with Gasteiger partial charge in [-0.1, -0.05) is 31.2 Å². The topological polar surface area (TPSA) is 26.0 Å². The number of hydrogen-bond acceptors (Lipinski definition) is 2. The molecule has 18 heavy (non-hydrogen) atoms. The molecule has 0 amide bonds. The Labute approximate surface area is 121 Å². The maximum atomic E-state index is 6.46. The summed E-state index contributed by atoms with van der Waals surface area (Å²) < 4.78 is 1.16. The van der Waals surface area contributed by atoms with Crippen molar-refractivity contribution < 1.29 is 0 Å². The van der Waals surface area contributed by atoms with Crippen LogP contribution in [0.5, 0.6) is 0 Å². The molecule has 0 aliphatic rings. The summed E-state index contributed by atoms with van der Waals surface area (Å²) in [6, 6.07) is 12.9. The van der Waals surface area contributed by atoms with Crippen LogP contribution in [0.2, 0.25) is 0 Å². The third-order valence-corrected chi connectivity index (χ3v) is 4.82. The van der Waals surface area contributed by atoms with Crippen molar-refractivity contribution in [2.24, 2.45) is 5.73 Å². The highest BCUT2D eigenvalue weighted by Gasteiger charge is 2.22. The van der Waals surface area contributed by atoms with Gasteiger partial charge in [0.15, 0.2) is 0 Å². The summed E-state index contributed by atoms with van der Waals surface area (Å²) in [5, 5.41) is 0. The van der Waals surface area contributed by atoms with Crippen LogP contribution in [-0.4, -0.2) is 0 Å². The number of aryl methyl sites for hydroxylation is 1. The Balaban J connectivity index is 2.18. The van der Waals surface area contributed by atoms with Crippen molar-refractivity contribution in [3.8, 4) is 0 Å². The Morgan fingerprint density at radius 2 is 1.83 bits per heavy atom. The second-order valence-corrected chi connectivity index (χ2v) is 7.40. The first-order valence-electron chi connectivity index (χ1n) is 6.14. The molecule has 1 unspecified atom stereocenters. The zero-order valence-electron chi connectivity index (χ0n) is 10.7. The third kappa shape index (κ3) is 3.22. The van der Waals surface area contributed by atoms with E-state index in [0.29, 0.717) is 0 Å². The van der Waals surface area contributed by atoms with Gasteiger partial charge < -0.3 is 5.73 Å². The molecule has 0 aliphatic heterocycles. The van der Waals surface area contributed by atoms with Crippen LogP contribution in [0.25, 0.3) is 0 Å². The molecule has 3 heteroatoms. The predicted molar refractivity (Wildman–Crippen MR) is 83.1 cm³/mol. The molecule has 0 saturated carbocycles. The summed E-state index contributed by atoms with van der Waals surface area (Å²) in [7, 11) is 0. The molecule has 0 aliphatic carbocycles. The van der Waals surface area contributed by atoms with Gasteiger partial charge >= 0.3 is 0 Å². The largest absolute Gasteiger partial charge is 0.321 e. The van der Waals surface area contributed by atoms with Gasteiger partial charge in [-0.2, -0.15) is 0 Å². The maximum Gasteiger partial charge on any atom is 0.0701 e. The van der Waals surface area contributed by atoms with E-state index in [1.807, 2.05) is 0 Å². The second-order valence-electron chi connectivity index (χ2n) is 4.85. The standard InChI is InChI=1S/C15H18BrNS/c1-3-11-4-6-12(7-5-11)15(2,17)10-13-8-9-14(16)18-13/h4-9H,3,10,17H2,1-2H3. The summed E-state index contributed by atoms with van der Waals surface area (Å²) in [4.78, 5) is 1.31. The Bertz CT molecular complexity index is 514. The highest BCUT2D eigenvalue weighted by molar-refractivity contribution is 9.11. The molecule has 2 N–H and O–H groups in total. The van der Waals surface area contributed by atoms with Gasteiger partial charge in [0, 0.05) is 16.8 Å². The molecule has 2 rings (SSSR count). The first kappa shape index (κ1) is 13.8. The van der Waals surface area contributed by atoms with Crippen molar-refractivity contribution in [2.45, 2.75) is 32.2 Å². The summed E-state index contributed by atoms with van der Waals surface area (Å²) in [5.74, 6) is 0. The number of thiophene rings is 1. The number of nitrogens with two attached hydrogens (primary N) is 1. The fourth-order valence-electron chi connectivity index (χ4n) is 2.03. The zero-order chi connectivity index (χ0) is 13.2. The molecule has 0 fully saturated rings. The molecule has 1 atom stereocenters. The highest BCUT2D eigenvalue weighted by atomic mass is 79.9. The monoisotopic (exact) mass is 323 g/mol. The fourth-order valence-corrected chi connectivity index (χ4v) is 3.68. The molecule has 2 aromatic rings. The van der Waals surface area contributed by atoms with Gasteiger partial charge in [0.1, 0.15) is 0 Å². The van der Waals surface area contributed by atoms with Crippen molar-refractivity contribution in [2.75, 3.05) is 0 Å². The number of hydrogen-bond donors (Lipinski definition) is 1. The van der Waals surface area contributed by atoms with Crippen molar-refractivity contribution in [3.05, 3.63) is 56.2 Å². The van der Waals surface area contributed by atoms with Gasteiger partial charge in [-0.3, -0.25) is 0 Å². The first-order chi connectivity index (χ1) is 8.51. The van der Waals surface area contributed by atoms with Crippen LogP contribution >= 0.6 is 27.3 Å². The predicted octanol–water partition coefficient (Wildman–Crippen LogP) is 4.49. The van der Waals surface area contributed by atoms with Gasteiger partial charge in [-0.25, -0.2) is 0 Å². The SMILES string of the molecule is CCc1ccc(C(C)(N)Cc2ccc(Br)s2)cc1. The smallest absolute Gasteiger partial charge is 0.0701 e. The van der Waals surface area contributed by atoms with Gasteiger partial charge in [0.2, 0.25) is 0 Å². The summed E-state index contributed by atoms with van der Waals surface area (Å²) in [6.45, 7) is 4.27. The Kier molecular flexibility index (Phi) is 4.25. The minimum atomic E-state index is -0.309. The van der Waals surface area contributed by atoms with Crippen molar-refractivity contribution in [3.63, 3.8) is 0 Å². The second kappa shape index (κ2) is 5.55. The number of benzene rings is 1. The van der Waals surface area contributed by atoms with E-state index < -0.39 is 0 Å². The molecule has 1 heterocycles. The first-order valence-corrected chi connectivity index (χ1v) is 7.75. The quantitative estimate of drug-likeness (QED) is 0.881. The van der Waals surface area contributed by atoms with E-state index in [9.17, 15) is 0 Å². The molecular formula is C15H18BrNS. The average molecular weight is 324 g/mol. The lowest BCUT2D eigenvalue weighted by molar-refractivity contribution is 0.495. The summed E-state index contributed by atoms with van der Waals surface area (Å²) in [5.41, 5.74) is 8.71. The molecule has 1 aromatic heterocycles. The van der Waals surface area contributed by atoms with Crippen LogP contribution in [0, 0.1) is 0 Å². The van der Waals surface area contributed by atoms with Crippen LogP contribution in [0.3, 0.4) is 0 Å². The van der Waals surface area contributed by atoms with Crippen LogP contribution in [-0.2, 0) is 18.4 Å². The lowest BCUT2D eigenvalue weighted by Gasteiger charge is -2.25. The van der Waals surface area contributed by atoms with Gasteiger partial charge in [-0.15, -0.1) is 11.3 Å². The summed E-state index contributed by atoms with van der Waals surface area (Å²) in [6.07, 6.45) is 1.94. The Morgan fingerprint density at radius 3 is 2.33 bits per heavy atom. The van der Waals surface area contributed by atoms with E-state index in [1.165, 1.54) is 16.0 Å². The average Bonchev–Trinajstić information content (AvgIpc) is 2.74. The fraction of sp³-hybridized carbons (Fsp3) is 0.333. The molecule has 96 valence electrons. The van der Waals surface area contributed by atoms with Crippen molar-refractivity contribution >= 4 is 27.3 Å². The molecule has 1 nitrogen and oxygen atoms in total. The number of halogens is 1. The van der Waals surface area contributed by atoms with Crippen LogP contribution in [0.4, 0.5) is 0 Å². The van der Waals surface area contributed by atoms with E-state index in [1.54, 1.807) is 11.3 Å². The van der Waals surface area contributed by atoms with Crippen LogP contribution in [0.1, 0.15) is 29.9 Å². The van der Waals surface area contributed by atoms with Crippen molar-refractivity contribution in [1.29, 1.82) is 0 Å². The molecule has 0 radical (unpaired) electrons. The van der Waals surface area contributed by atoms with Crippen LogP contribution in [0.15, 0.2) is 40.2 Å². The van der Waals surface area contributed by atoms with E-state index in [0.717, 1.165) is 16.6 Å². The van der Waals surface area contributed by atoms with E-state index >= 15 is 0 Å². The third-order valence-electron chi connectivity index (χ3n) is 3.19. The summed E-state index contributed by atoms with van der Waals surface area (Å²) >= 11 is 5.25. The Morgan fingerprint density at radius 1 is 1.17 bits per heavy atom. The van der Waals surface area contributed by atoms with Gasteiger partial charge in [-0.05, 0) is 52.5 Å². The molecule has 0 bridgehead atoms. The van der Waals surface area contributed by atoms with E-state index in [2.05, 4.69) is 66.2 Å². The minimum absolute atomic E-state index is 0.309. The highest BCUT2D eigenvalue weighted by Crippen LogP contribution is 2.29. The molecular weight excluding hydrogens is 306 g/mol. The lowest BCUT2D eigenvalue weighted by Crippen LogP contribution is -2.35.